The molecule has 3 nitrogen and oxygen atoms in total. The average Bonchev–Trinajstić information content (AvgIpc) is 2.46. The molecule has 0 saturated heterocycles. The quantitative estimate of drug-likeness (QED) is 0.873. The van der Waals surface area contributed by atoms with Crippen molar-refractivity contribution in [3.8, 4) is 0 Å². The van der Waals surface area contributed by atoms with E-state index in [0.29, 0.717) is 13.0 Å². The first-order valence-electron chi connectivity index (χ1n) is 7.10. The monoisotopic (exact) mass is 271 g/mol. The third-order valence-electron chi connectivity index (χ3n) is 3.72. The molecule has 0 aliphatic carbocycles. The maximum atomic E-state index is 11.3. The van der Waals surface area contributed by atoms with Crippen LogP contribution in [0.1, 0.15) is 25.8 Å². The molecule has 0 saturated carbocycles. The second-order valence-electron chi connectivity index (χ2n) is 5.01. The third-order valence-corrected chi connectivity index (χ3v) is 3.72. The lowest BCUT2D eigenvalue weighted by Crippen LogP contribution is -2.40. The van der Waals surface area contributed by atoms with Gasteiger partial charge in [0.2, 0.25) is 0 Å². The van der Waals surface area contributed by atoms with Crippen molar-refractivity contribution < 1.29 is 9.90 Å². The van der Waals surface area contributed by atoms with Gasteiger partial charge in [0.05, 0.1) is 0 Å². The first-order chi connectivity index (χ1) is 9.65. The van der Waals surface area contributed by atoms with E-state index < -0.39 is 12.0 Å². The number of carbonyl (C=O) groups is 1. The van der Waals surface area contributed by atoms with Crippen LogP contribution in [0.2, 0.25) is 0 Å². The van der Waals surface area contributed by atoms with Gasteiger partial charge in [0, 0.05) is 6.54 Å². The predicted molar refractivity (Wildman–Crippen MR) is 81.7 cm³/mol. The molecular weight excluding hydrogens is 250 g/mol. The summed E-state index contributed by atoms with van der Waals surface area (Å²) in [4.78, 5) is 13.3. The summed E-state index contributed by atoms with van der Waals surface area (Å²) in [6, 6.07) is 14.1. The molecule has 0 aliphatic heterocycles. The molecule has 1 atom stereocenters. The Balaban J connectivity index is 2.22. The van der Waals surface area contributed by atoms with E-state index in [1.54, 1.807) is 0 Å². The Bertz CT molecular complexity index is 594. The van der Waals surface area contributed by atoms with Gasteiger partial charge >= 0.3 is 5.97 Å². The summed E-state index contributed by atoms with van der Waals surface area (Å²) in [5.74, 6) is -0.741. The van der Waals surface area contributed by atoms with Crippen molar-refractivity contribution in [3.05, 3.63) is 48.0 Å². The number of rotatable bonds is 6. The zero-order valence-electron chi connectivity index (χ0n) is 12.0. The van der Waals surface area contributed by atoms with Gasteiger partial charge in [0.15, 0.2) is 0 Å². The zero-order chi connectivity index (χ0) is 14.5. The molecule has 0 fully saturated rings. The molecule has 0 aliphatic rings. The van der Waals surface area contributed by atoms with Gasteiger partial charge in [-0.3, -0.25) is 9.69 Å². The number of hydrogen-bond acceptors (Lipinski definition) is 2. The van der Waals surface area contributed by atoms with Crippen LogP contribution < -0.4 is 0 Å². The Kier molecular flexibility index (Phi) is 4.74. The lowest BCUT2D eigenvalue weighted by molar-refractivity contribution is -0.143. The van der Waals surface area contributed by atoms with Crippen molar-refractivity contribution in [1.82, 2.24) is 4.90 Å². The lowest BCUT2D eigenvalue weighted by Gasteiger charge is -2.26. The van der Waals surface area contributed by atoms with Crippen LogP contribution in [0.25, 0.3) is 10.8 Å². The largest absolute Gasteiger partial charge is 0.480 e. The van der Waals surface area contributed by atoms with Crippen LogP contribution in [0.3, 0.4) is 0 Å². The summed E-state index contributed by atoms with van der Waals surface area (Å²) < 4.78 is 0. The molecule has 0 heterocycles. The maximum Gasteiger partial charge on any atom is 0.320 e. The summed E-state index contributed by atoms with van der Waals surface area (Å²) in [6.07, 6.45) is 0.622. The highest BCUT2D eigenvalue weighted by Gasteiger charge is 2.22. The van der Waals surface area contributed by atoms with Crippen LogP contribution in [-0.4, -0.2) is 28.6 Å². The molecule has 2 aromatic rings. The van der Waals surface area contributed by atoms with Crippen molar-refractivity contribution in [1.29, 1.82) is 0 Å². The highest BCUT2D eigenvalue weighted by atomic mass is 16.4. The summed E-state index contributed by atoms with van der Waals surface area (Å²) in [7, 11) is 0. The predicted octanol–water partition coefficient (Wildman–Crippen LogP) is 3.52. The van der Waals surface area contributed by atoms with E-state index in [4.69, 9.17) is 0 Å². The van der Waals surface area contributed by atoms with Gasteiger partial charge < -0.3 is 5.11 Å². The fourth-order valence-corrected chi connectivity index (χ4v) is 2.60. The fourth-order valence-electron chi connectivity index (χ4n) is 2.60. The van der Waals surface area contributed by atoms with Gasteiger partial charge in [0.1, 0.15) is 6.04 Å². The first-order valence-corrected chi connectivity index (χ1v) is 7.10. The van der Waals surface area contributed by atoms with Gasteiger partial charge in [0.25, 0.3) is 0 Å². The van der Waals surface area contributed by atoms with Crippen molar-refractivity contribution >= 4 is 16.7 Å². The number of benzene rings is 2. The molecular formula is C17H21NO2. The van der Waals surface area contributed by atoms with Crippen molar-refractivity contribution in [2.45, 2.75) is 32.9 Å². The molecule has 106 valence electrons. The van der Waals surface area contributed by atoms with Gasteiger partial charge in [-0.1, -0.05) is 50.2 Å². The molecule has 0 aromatic heterocycles. The molecule has 2 rings (SSSR count). The zero-order valence-corrected chi connectivity index (χ0v) is 12.0. The number of fused-ring (bicyclic) bond motifs is 1. The van der Waals surface area contributed by atoms with Crippen molar-refractivity contribution in [2.75, 3.05) is 6.54 Å². The van der Waals surface area contributed by atoms with E-state index in [1.165, 1.54) is 10.8 Å². The summed E-state index contributed by atoms with van der Waals surface area (Å²) in [5.41, 5.74) is 1.16. The molecule has 0 spiro atoms. The Morgan fingerprint density at radius 1 is 1.15 bits per heavy atom. The van der Waals surface area contributed by atoms with E-state index >= 15 is 0 Å². The molecule has 0 bridgehead atoms. The summed E-state index contributed by atoms with van der Waals surface area (Å²) in [5, 5.41) is 11.7. The highest BCUT2D eigenvalue weighted by Crippen LogP contribution is 2.18. The smallest absolute Gasteiger partial charge is 0.320 e. The minimum Gasteiger partial charge on any atom is -0.480 e. The number of likely N-dealkylation sites (N-methyl/N-ethyl adjacent to an activating group) is 1. The molecule has 1 N–H and O–H groups in total. The average molecular weight is 271 g/mol. The number of carboxylic acid groups (broad SMARTS) is 1. The fraction of sp³-hybridized carbons (Fsp3) is 0.353. The van der Waals surface area contributed by atoms with E-state index in [9.17, 15) is 9.90 Å². The van der Waals surface area contributed by atoms with Crippen LogP contribution >= 0.6 is 0 Å². The number of hydrogen-bond donors (Lipinski definition) is 1. The minimum atomic E-state index is -0.741. The van der Waals surface area contributed by atoms with Gasteiger partial charge in [-0.25, -0.2) is 0 Å². The summed E-state index contributed by atoms with van der Waals surface area (Å²) >= 11 is 0. The number of nitrogens with zero attached hydrogens (tertiary/aromatic N) is 1. The van der Waals surface area contributed by atoms with Crippen LogP contribution in [0.4, 0.5) is 0 Å². The molecule has 3 heteroatoms. The Morgan fingerprint density at radius 3 is 2.45 bits per heavy atom. The minimum absolute atomic E-state index is 0.411. The second kappa shape index (κ2) is 6.53. The van der Waals surface area contributed by atoms with Crippen LogP contribution in [0.5, 0.6) is 0 Å². The molecule has 0 amide bonds. The molecule has 1 unspecified atom stereocenters. The summed E-state index contributed by atoms with van der Waals surface area (Å²) in [6.45, 7) is 5.33. The van der Waals surface area contributed by atoms with E-state index in [0.717, 1.165) is 12.1 Å². The van der Waals surface area contributed by atoms with Gasteiger partial charge in [-0.2, -0.15) is 0 Å². The number of aliphatic carboxylic acids is 1. The van der Waals surface area contributed by atoms with E-state index in [2.05, 4.69) is 30.3 Å². The third kappa shape index (κ3) is 3.17. The Labute approximate surface area is 119 Å². The topological polar surface area (TPSA) is 40.5 Å². The van der Waals surface area contributed by atoms with Crippen LogP contribution in [0.15, 0.2) is 42.5 Å². The van der Waals surface area contributed by atoms with E-state index in [1.807, 2.05) is 30.9 Å². The second-order valence-corrected chi connectivity index (χ2v) is 5.01. The Hall–Kier alpha value is -1.87. The van der Waals surface area contributed by atoms with E-state index in [-0.39, 0.29) is 0 Å². The van der Waals surface area contributed by atoms with Crippen molar-refractivity contribution in [2.24, 2.45) is 0 Å². The normalized spacial score (nSPS) is 12.8. The molecule has 20 heavy (non-hydrogen) atoms. The Morgan fingerprint density at radius 2 is 1.85 bits per heavy atom. The van der Waals surface area contributed by atoms with Gasteiger partial charge in [-0.15, -0.1) is 0 Å². The van der Waals surface area contributed by atoms with Crippen LogP contribution in [0, 0.1) is 0 Å². The van der Waals surface area contributed by atoms with Crippen molar-refractivity contribution in [3.63, 3.8) is 0 Å². The first kappa shape index (κ1) is 14.5. The standard InChI is InChI=1S/C17H21NO2/c1-3-16(17(19)20)18(4-2)12-13-9-10-14-7-5-6-8-15(14)11-13/h5-11,16H,3-4,12H2,1-2H3,(H,19,20). The molecule has 0 radical (unpaired) electrons. The van der Waals surface area contributed by atoms with Gasteiger partial charge in [-0.05, 0) is 35.4 Å². The highest BCUT2D eigenvalue weighted by molar-refractivity contribution is 5.83. The number of carboxylic acids is 1. The lowest BCUT2D eigenvalue weighted by atomic mass is 10.1. The molecule has 2 aromatic carbocycles. The SMILES string of the molecule is CCC(C(=O)O)N(CC)Cc1ccc2ccccc2c1. The van der Waals surface area contributed by atoms with Crippen LogP contribution in [-0.2, 0) is 11.3 Å². The maximum absolute atomic E-state index is 11.3.